The molecule has 0 saturated carbocycles. The van der Waals surface area contributed by atoms with Gasteiger partial charge in [-0.15, -0.1) is 0 Å². The zero-order valence-electron chi connectivity index (χ0n) is 12.5. The SMILES string of the molecule is Cc1c(Cl)nc(C(C)C)nc1N(C)C(C)C(C)C. The standard InChI is InChI=1S/C14H24ClN3/c1-8(2)11(6)18(7)14-10(5)12(15)16-13(17-14)9(3)4/h8-9,11H,1-7H3. The third-order valence-electron chi connectivity index (χ3n) is 3.50. The van der Waals surface area contributed by atoms with Crippen LogP contribution >= 0.6 is 11.6 Å². The van der Waals surface area contributed by atoms with Crippen LogP contribution in [-0.2, 0) is 0 Å². The maximum atomic E-state index is 6.21. The molecular formula is C14H24ClN3. The Bertz CT molecular complexity index is 416. The molecule has 1 rings (SSSR count). The van der Waals surface area contributed by atoms with Crippen molar-refractivity contribution in [1.82, 2.24) is 9.97 Å². The Morgan fingerprint density at radius 3 is 2.06 bits per heavy atom. The van der Waals surface area contributed by atoms with Crippen molar-refractivity contribution >= 4 is 17.4 Å². The van der Waals surface area contributed by atoms with Crippen LogP contribution in [-0.4, -0.2) is 23.1 Å². The Hall–Kier alpha value is -0.830. The fourth-order valence-electron chi connectivity index (χ4n) is 1.74. The molecule has 1 unspecified atom stereocenters. The number of halogens is 1. The van der Waals surface area contributed by atoms with Crippen LogP contribution in [0.5, 0.6) is 0 Å². The van der Waals surface area contributed by atoms with E-state index >= 15 is 0 Å². The van der Waals surface area contributed by atoms with Gasteiger partial charge in [0.1, 0.15) is 16.8 Å². The first-order chi connectivity index (χ1) is 8.25. The minimum Gasteiger partial charge on any atom is -0.356 e. The van der Waals surface area contributed by atoms with Gasteiger partial charge < -0.3 is 4.90 Å². The molecule has 0 spiro atoms. The average Bonchev–Trinajstić information content (AvgIpc) is 2.30. The fraction of sp³-hybridized carbons (Fsp3) is 0.714. The van der Waals surface area contributed by atoms with E-state index in [0.717, 1.165) is 17.2 Å². The molecule has 1 heterocycles. The summed E-state index contributed by atoms with van der Waals surface area (Å²) in [5.41, 5.74) is 0.955. The smallest absolute Gasteiger partial charge is 0.137 e. The zero-order valence-corrected chi connectivity index (χ0v) is 13.2. The van der Waals surface area contributed by atoms with E-state index in [4.69, 9.17) is 11.6 Å². The minimum atomic E-state index is 0.282. The summed E-state index contributed by atoms with van der Waals surface area (Å²) in [6, 6.07) is 0.412. The summed E-state index contributed by atoms with van der Waals surface area (Å²) in [6.45, 7) is 12.8. The summed E-state index contributed by atoms with van der Waals surface area (Å²) in [5, 5.41) is 0.562. The van der Waals surface area contributed by atoms with Crippen molar-refractivity contribution < 1.29 is 0 Å². The van der Waals surface area contributed by atoms with Gasteiger partial charge in [0.25, 0.3) is 0 Å². The maximum absolute atomic E-state index is 6.21. The normalized spacial score (nSPS) is 13.2. The van der Waals surface area contributed by atoms with Gasteiger partial charge >= 0.3 is 0 Å². The molecule has 0 aromatic carbocycles. The van der Waals surface area contributed by atoms with E-state index < -0.39 is 0 Å². The van der Waals surface area contributed by atoms with Gasteiger partial charge in [-0.25, -0.2) is 9.97 Å². The maximum Gasteiger partial charge on any atom is 0.137 e. The molecule has 0 amide bonds. The molecule has 0 radical (unpaired) electrons. The molecule has 1 atom stereocenters. The van der Waals surface area contributed by atoms with E-state index in [-0.39, 0.29) is 5.92 Å². The average molecular weight is 270 g/mol. The van der Waals surface area contributed by atoms with E-state index in [2.05, 4.69) is 56.5 Å². The van der Waals surface area contributed by atoms with Gasteiger partial charge in [-0.3, -0.25) is 0 Å². The van der Waals surface area contributed by atoms with Crippen LogP contribution in [0.4, 0.5) is 5.82 Å². The van der Waals surface area contributed by atoms with Crippen LogP contribution in [0.2, 0.25) is 5.15 Å². The molecule has 1 aromatic rings. The summed E-state index contributed by atoms with van der Waals surface area (Å²) < 4.78 is 0. The van der Waals surface area contributed by atoms with Gasteiger partial charge in [0.05, 0.1) is 0 Å². The number of hydrogen-bond donors (Lipinski definition) is 0. The Morgan fingerprint density at radius 2 is 1.61 bits per heavy atom. The summed E-state index contributed by atoms with van der Waals surface area (Å²) in [6.07, 6.45) is 0. The summed E-state index contributed by atoms with van der Waals surface area (Å²) >= 11 is 6.21. The molecular weight excluding hydrogens is 246 g/mol. The monoisotopic (exact) mass is 269 g/mol. The molecule has 0 aliphatic carbocycles. The Labute approximate surface area is 116 Å². The highest BCUT2D eigenvalue weighted by Gasteiger charge is 2.20. The van der Waals surface area contributed by atoms with Gasteiger partial charge in [-0.05, 0) is 19.8 Å². The lowest BCUT2D eigenvalue weighted by atomic mass is 10.0. The first-order valence-corrected chi connectivity index (χ1v) is 6.90. The van der Waals surface area contributed by atoms with Gasteiger partial charge in [-0.2, -0.15) is 0 Å². The van der Waals surface area contributed by atoms with Gasteiger partial charge in [0.15, 0.2) is 0 Å². The lowest BCUT2D eigenvalue weighted by molar-refractivity contribution is 0.501. The predicted octanol–water partition coefficient (Wildman–Crippen LogP) is 4.04. The first-order valence-electron chi connectivity index (χ1n) is 6.52. The van der Waals surface area contributed by atoms with Crippen molar-refractivity contribution in [3.05, 3.63) is 16.5 Å². The quantitative estimate of drug-likeness (QED) is 0.773. The predicted molar refractivity (Wildman–Crippen MR) is 78.6 cm³/mol. The van der Waals surface area contributed by atoms with Crippen LogP contribution in [0.1, 0.15) is 51.9 Å². The van der Waals surface area contributed by atoms with Gasteiger partial charge in [0.2, 0.25) is 0 Å². The third kappa shape index (κ3) is 3.14. The second-order valence-electron chi connectivity index (χ2n) is 5.57. The van der Waals surface area contributed by atoms with Crippen molar-refractivity contribution in [3.63, 3.8) is 0 Å². The number of hydrogen-bond acceptors (Lipinski definition) is 3. The number of aromatic nitrogens is 2. The van der Waals surface area contributed by atoms with Crippen LogP contribution in [0, 0.1) is 12.8 Å². The van der Waals surface area contributed by atoms with Crippen molar-refractivity contribution in [1.29, 1.82) is 0 Å². The van der Waals surface area contributed by atoms with E-state index in [1.54, 1.807) is 0 Å². The van der Waals surface area contributed by atoms with Gasteiger partial charge in [0, 0.05) is 24.6 Å². The minimum absolute atomic E-state index is 0.282. The van der Waals surface area contributed by atoms with Crippen molar-refractivity contribution in [2.45, 2.75) is 53.5 Å². The Balaban J connectivity index is 3.22. The second-order valence-corrected chi connectivity index (χ2v) is 5.93. The van der Waals surface area contributed by atoms with Gasteiger partial charge in [-0.1, -0.05) is 39.3 Å². The number of rotatable bonds is 4. The molecule has 0 aliphatic heterocycles. The highest BCUT2D eigenvalue weighted by Crippen LogP contribution is 2.27. The largest absolute Gasteiger partial charge is 0.356 e. The highest BCUT2D eigenvalue weighted by molar-refractivity contribution is 6.30. The Kier molecular flexibility index (Phi) is 4.97. The molecule has 1 aromatic heterocycles. The molecule has 0 N–H and O–H groups in total. The summed E-state index contributed by atoms with van der Waals surface area (Å²) in [5.74, 6) is 2.60. The number of nitrogens with zero attached hydrogens (tertiary/aromatic N) is 3. The molecule has 0 aliphatic rings. The zero-order chi connectivity index (χ0) is 14.0. The van der Waals surface area contributed by atoms with E-state index in [1.165, 1.54) is 0 Å². The molecule has 0 bridgehead atoms. The topological polar surface area (TPSA) is 29.0 Å². The van der Waals surface area contributed by atoms with Crippen molar-refractivity contribution in [3.8, 4) is 0 Å². The van der Waals surface area contributed by atoms with Crippen LogP contribution < -0.4 is 4.90 Å². The first kappa shape index (κ1) is 15.2. The van der Waals surface area contributed by atoms with Crippen molar-refractivity contribution in [2.75, 3.05) is 11.9 Å². The number of anilines is 1. The lowest BCUT2D eigenvalue weighted by Crippen LogP contribution is -2.34. The molecule has 0 saturated heterocycles. The summed E-state index contributed by atoms with van der Waals surface area (Å²) in [4.78, 5) is 11.2. The molecule has 18 heavy (non-hydrogen) atoms. The van der Waals surface area contributed by atoms with Crippen molar-refractivity contribution in [2.24, 2.45) is 5.92 Å². The Morgan fingerprint density at radius 1 is 1.06 bits per heavy atom. The van der Waals surface area contributed by atoms with E-state index in [9.17, 15) is 0 Å². The summed E-state index contributed by atoms with van der Waals surface area (Å²) in [7, 11) is 2.07. The molecule has 102 valence electrons. The van der Waals surface area contributed by atoms with Crippen LogP contribution in [0.25, 0.3) is 0 Å². The molecule has 4 heteroatoms. The molecule has 0 fully saturated rings. The van der Waals surface area contributed by atoms with E-state index in [1.807, 2.05) is 6.92 Å². The fourth-order valence-corrected chi connectivity index (χ4v) is 1.91. The second kappa shape index (κ2) is 5.87. The lowest BCUT2D eigenvalue weighted by Gasteiger charge is -2.30. The highest BCUT2D eigenvalue weighted by atomic mass is 35.5. The van der Waals surface area contributed by atoms with Crippen LogP contribution in [0.15, 0.2) is 0 Å². The van der Waals surface area contributed by atoms with E-state index in [0.29, 0.717) is 17.1 Å². The van der Waals surface area contributed by atoms with Crippen LogP contribution in [0.3, 0.4) is 0 Å². The molecule has 3 nitrogen and oxygen atoms in total. The third-order valence-corrected chi connectivity index (χ3v) is 3.87.